The third kappa shape index (κ3) is 5.53. The Kier molecular flexibility index (Phi) is 6.88. The molecule has 25 heavy (non-hydrogen) atoms. The summed E-state index contributed by atoms with van der Waals surface area (Å²) in [4.78, 5) is 37.2. The molecule has 0 bridgehead atoms. The molecule has 0 aromatic heterocycles. The van der Waals surface area contributed by atoms with Crippen LogP contribution >= 0.6 is 12.2 Å². The number of hydrogen-bond acceptors (Lipinski definition) is 5. The largest absolute Gasteiger partial charge is 0.469 e. The van der Waals surface area contributed by atoms with Crippen molar-refractivity contribution in [1.29, 1.82) is 0 Å². The van der Waals surface area contributed by atoms with Crippen molar-refractivity contribution >= 4 is 40.8 Å². The minimum Gasteiger partial charge on any atom is -0.469 e. The first-order chi connectivity index (χ1) is 12.0. The molecule has 0 aliphatic carbocycles. The van der Waals surface area contributed by atoms with E-state index in [0.717, 1.165) is 25.9 Å². The summed E-state index contributed by atoms with van der Waals surface area (Å²) >= 11 is 5.12. The second-order valence-corrected chi connectivity index (χ2v) is 6.03. The van der Waals surface area contributed by atoms with Gasteiger partial charge in [-0.2, -0.15) is 0 Å². The summed E-state index contributed by atoms with van der Waals surface area (Å²) in [6.45, 7) is 1.50. The summed E-state index contributed by atoms with van der Waals surface area (Å²) in [6, 6.07) is 7.03. The van der Waals surface area contributed by atoms with Crippen LogP contribution < -0.4 is 10.6 Å². The highest BCUT2D eigenvalue weighted by Crippen LogP contribution is 2.20. The number of thiocarbonyl (C=S) groups is 1. The van der Waals surface area contributed by atoms with Crippen molar-refractivity contribution in [2.24, 2.45) is 0 Å². The zero-order valence-electron chi connectivity index (χ0n) is 14.0. The van der Waals surface area contributed by atoms with Gasteiger partial charge < -0.3 is 20.3 Å². The quantitative estimate of drug-likeness (QED) is 0.611. The lowest BCUT2D eigenvalue weighted by molar-refractivity contribution is -0.142. The molecule has 1 heterocycles. The van der Waals surface area contributed by atoms with Gasteiger partial charge in [0.25, 0.3) is 5.91 Å². The Hall–Kier alpha value is -2.48. The van der Waals surface area contributed by atoms with Gasteiger partial charge in [-0.15, -0.1) is 0 Å². The van der Waals surface area contributed by atoms with Gasteiger partial charge in [-0.25, -0.2) is 0 Å². The summed E-state index contributed by atoms with van der Waals surface area (Å²) in [5, 5.41) is 5.46. The van der Waals surface area contributed by atoms with Crippen LogP contribution in [0.25, 0.3) is 0 Å². The highest BCUT2D eigenvalue weighted by molar-refractivity contribution is 7.80. The number of nitrogens with one attached hydrogen (secondary N) is 2. The molecule has 0 unspecified atom stereocenters. The van der Waals surface area contributed by atoms with Gasteiger partial charge in [0.15, 0.2) is 5.11 Å². The second-order valence-electron chi connectivity index (χ2n) is 5.62. The van der Waals surface area contributed by atoms with E-state index < -0.39 is 11.9 Å². The van der Waals surface area contributed by atoms with Crippen molar-refractivity contribution in [2.75, 3.05) is 25.5 Å². The number of likely N-dealkylation sites (tertiary alicyclic amines) is 1. The lowest BCUT2D eigenvalue weighted by atomic mass is 10.1. The van der Waals surface area contributed by atoms with Gasteiger partial charge in [0, 0.05) is 19.5 Å². The van der Waals surface area contributed by atoms with E-state index in [9.17, 15) is 14.4 Å². The fourth-order valence-electron chi connectivity index (χ4n) is 2.53. The fourth-order valence-corrected chi connectivity index (χ4v) is 2.75. The maximum absolute atomic E-state index is 12.6. The number of hydrogen-bond donors (Lipinski definition) is 2. The van der Waals surface area contributed by atoms with Crippen molar-refractivity contribution in [3.8, 4) is 0 Å². The van der Waals surface area contributed by atoms with Crippen molar-refractivity contribution in [2.45, 2.75) is 25.7 Å². The molecule has 2 rings (SSSR count). The van der Waals surface area contributed by atoms with Gasteiger partial charge in [0.05, 0.1) is 24.8 Å². The van der Waals surface area contributed by atoms with E-state index in [0.29, 0.717) is 11.3 Å². The molecule has 1 fully saturated rings. The number of anilines is 1. The lowest BCUT2D eigenvalue weighted by Crippen LogP contribution is -2.35. The predicted octanol–water partition coefficient (Wildman–Crippen LogP) is 1.69. The zero-order chi connectivity index (χ0) is 18.2. The molecule has 1 saturated heterocycles. The highest BCUT2D eigenvalue weighted by Gasteiger charge is 2.22. The van der Waals surface area contributed by atoms with Crippen molar-refractivity contribution < 1.29 is 19.1 Å². The third-order valence-corrected chi connectivity index (χ3v) is 4.04. The molecule has 1 aromatic rings. The van der Waals surface area contributed by atoms with Crippen LogP contribution in [0.5, 0.6) is 0 Å². The van der Waals surface area contributed by atoms with Crippen LogP contribution in [0.3, 0.4) is 0 Å². The summed E-state index contributed by atoms with van der Waals surface area (Å²) in [6.07, 6.45) is 1.98. The Morgan fingerprint density at radius 3 is 2.52 bits per heavy atom. The van der Waals surface area contributed by atoms with Gasteiger partial charge in [0.2, 0.25) is 5.91 Å². The van der Waals surface area contributed by atoms with Gasteiger partial charge in [-0.3, -0.25) is 14.4 Å². The predicted molar refractivity (Wildman–Crippen MR) is 97.2 cm³/mol. The average Bonchev–Trinajstić information content (AvgIpc) is 3.14. The molecule has 0 atom stereocenters. The van der Waals surface area contributed by atoms with Crippen molar-refractivity contribution in [1.82, 2.24) is 10.2 Å². The smallest absolute Gasteiger partial charge is 0.306 e. The standard InChI is InChI=1S/C17H21N3O4S/c1-24-15(22)9-8-14(21)19-17(25)18-13-7-3-2-6-12(13)16(23)20-10-4-5-11-20/h2-3,6-7H,4-5,8-11H2,1H3,(H2,18,19,21,25). The molecule has 1 aliphatic rings. The van der Waals surface area contributed by atoms with Crippen LogP contribution in [0, 0.1) is 0 Å². The first kappa shape index (κ1) is 18.9. The average molecular weight is 363 g/mol. The second kappa shape index (κ2) is 9.12. The maximum Gasteiger partial charge on any atom is 0.306 e. The molecular formula is C17H21N3O4S. The van der Waals surface area contributed by atoms with Gasteiger partial charge >= 0.3 is 5.97 Å². The van der Waals surface area contributed by atoms with E-state index in [4.69, 9.17) is 12.2 Å². The number of carbonyl (C=O) groups is 3. The minimum absolute atomic E-state index is 0.0189. The number of para-hydroxylation sites is 1. The van der Waals surface area contributed by atoms with Crippen molar-refractivity contribution in [3.05, 3.63) is 29.8 Å². The molecule has 134 valence electrons. The van der Waals surface area contributed by atoms with E-state index >= 15 is 0 Å². The molecule has 2 amide bonds. The Balaban J connectivity index is 1.95. The molecule has 1 aliphatic heterocycles. The third-order valence-electron chi connectivity index (χ3n) is 3.84. The summed E-state index contributed by atoms with van der Waals surface area (Å²) < 4.78 is 4.48. The van der Waals surface area contributed by atoms with Gasteiger partial charge in [-0.05, 0) is 37.2 Å². The van der Waals surface area contributed by atoms with Crippen LogP contribution in [0.15, 0.2) is 24.3 Å². The fraction of sp³-hybridized carbons (Fsp3) is 0.412. The number of methoxy groups -OCH3 is 1. The first-order valence-electron chi connectivity index (χ1n) is 8.07. The summed E-state index contributed by atoms with van der Waals surface area (Å²) in [5.74, 6) is -0.915. The van der Waals surface area contributed by atoms with E-state index in [1.807, 2.05) is 0 Å². The first-order valence-corrected chi connectivity index (χ1v) is 8.48. The van der Waals surface area contributed by atoms with Crippen LogP contribution in [0.2, 0.25) is 0 Å². The number of amides is 2. The molecule has 0 radical (unpaired) electrons. The van der Waals surface area contributed by atoms with Gasteiger partial charge in [0.1, 0.15) is 0 Å². The minimum atomic E-state index is -0.462. The molecule has 0 saturated carbocycles. The number of carbonyl (C=O) groups excluding carboxylic acids is 3. The summed E-state index contributed by atoms with van der Waals surface area (Å²) in [7, 11) is 1.26. The van der Waals surface area contributed by atoms with Crippen molar-refractivity contribution in [3.63, 3.8) is 0 Å². The maximum atomic E-state index is 12.6. The molecule has 1 aromatic carbocycles. The number of ether oxygens (including phenoxy) is 1. The van der Waals surface area contributed by atoms with Crippen LogP contribution in [0.4, 0.5) is 5.69 Å². The SMILES string of the molecule is COC(=O)CCC(=O)NC(=S)Nc1ccccc1C(=O)N1CCCC1. The normalized spacial score (nSPS) is 13.2. The number of benzene rings is 1. The Bertz CT molecular complexity index is 672. The monoisotopic (exact) mass is 363 g/mol. The summed E-state index contributed by atoms with van der Waals surface area (Å²) in [5.41, 5.74) is 1.05. The molecule has 8 heteroatoms. The molecule has 7 nitrogen and oxygen atoms in total. The van der Waals surface area contributed by atoms with Gasteiger partial charge in [-0.1, -0.05) is 12.1 Å². The Morgan fingerprint density at radius 1 is 1.16 bits per heavy atom. The van der Waals surface area contributed by atoms with Crippen LogP contribution in [0.1, 0.15) is 36.0 Å². The Morgan fingerprint density at radius 2 is 1.84 bits per heavy atom. The van der Waals surface area contributed by atoms with E-state index in [-0.39, 0.29) is 23.9 Å². The van der Waals surface area contributed by atoms with Crippen LogP contribution in [-0.2, 0) is 14.3 Å². The van der Waals surface area contributed by atoms with E-state index in [1.54, 1.807) is 29.2 Å². The Labute approximate surface area is 151 Å². The van der Waals surface area contributed by atoms with Crippen LogP contribution in [-0.4, -0.2) is 48.0 Å². The van der Waals surface area contributed by atoms with E-state index in [2.05, 4.69) is 15.4 Å². The molecule has 0 spiro atoms. The topological polar surface area (TPSA) is 87.7 Å². The zero-order valence-corrected chi connectivity index (χ0v) is 14.9. The number of rotatable bonds is 5. The number of esters is 1. The van der Waals surface area contributed by atoms with E-state index in [1.165, 1.54) is 7.11 Å². The molecular weight excluding hydrogens is 342 g/mol. The highest BCUT2D eigenvalue weighted by atomic mass is 32.1. The number of nitrogens with zero attached hydrogens (tertiary/aromatic N) is 1. The molecule has 2 N–H and O–H groups in total. The lowest BCUT2D eigenvalue weighted by Gasteiger charge is -2.18.